The maximum atomic E-state index is 12.9. The smallest absolute Gasteiger partial charge is 0.457 e. The van der Waals surface area contributed by atoms with E-state index in [2.05, 4.69) is 10.1 Å². The molecule has 0 atom stereocenters. The molecular formula is C29H18F3NO5. The molecular weight excluding hydrogens is 499 g/mol. The summed E-state index contributed by atoms with van der Waals surface area (Å²) >= 11 is 0. The monoisotopic (exact) mass is 517 g/mol. The molecule has 4 aromatic carbocycles. The van der Waals surface area contributed by atoms with Crippen LogP contribution in [0.3, 0.4) is 0 Å². The number of anilines is 1. The van der Waals surface area contributed by atoms with Gasteiger partial charge < -0.3 is 19.2 Å². The zero-order chi connectivity index (χ0) is 26.7. The molecule has 0 saturated carbocycles. The van der Waals surface area contributed by atoms with Gasteiger partial charge in [-0.05, 0) is 59.7 Å². The van der Waals surface area contributed by atoms with Gasteiger partial charge in [0, 0.05) is 11.1 Å². The van der Waals surface area contributed by atoms with Gasteiger partial charge in [-0.1, -0.05) is 54.6 Å². The molecule has 1 aromatic heterocycles. The second-order valence-electron chi connectivity index (χ2n) is 8.14. The van der Waals surface area contributed by atoms with Crippen LogP contribution in [-0.2, 0) is 0 Å². The van der Waals surface area contributed by atoms with Crippen LogP contribution in [0.4, 0.5) is 18.9 Å². The van der Waals surface area contributed by atoms with E-state index >= 15 is 0 Å². The Morgan fingerprint density at radius 3 is 2.21 bits per heavy atom. The van der Waals surface area contributed by atoms with Crippen LogP contribution in [-0.4, -0.2) is 12.3 Å². The largest absolute Gasteiger partial charge is 0.573 e. The Morgan fingerprint density at radius 1 is 0.763 bits per heavy atom. The molecule has 0 bridgehead atoms. The number of halogens is 3. The maximum Gasteiger partial charge on any atom is 0.573 e. The third-order valence-corrected chi connectivity index (χ3v) is 5.48. The van der Waals surface area contributed by atoms with Crippen LogP contribution in [0.1, 0.15) is 10.4 Å². The topological polar surface area (TPSA) is 77.8 Å². The van der Waals surface area contributed by atoms with E-state index in [1.165, 1.54) is 12.1 Å². The number of hydrogen-bond acceptors (Lipinski definition) is 5. The molecule has 0 aliphatic carbocycles. The fraction of sp³-hybridized carbons (Fsp3) is 0.0345. The van der Waals surface area contributed by atoms with Gasteiger partial charge >= 0.3 is 12.0 Å². The minimum absolute atomic E-state index is 0.100. The number of fused-ring (bicyclic) bond motifs is 1. The first-order valence-corrected chi connectivity index (χ1v) is 11.3. The molecule has 1 heterocycles. The summed E-state index contributed by atoms with van der Waals surface area (Å²) in [4.78, 5) is 25.3. The molecule has 38 heavy (non-hydrogen) atoms. The number of alkyl halides is 3. The van der Waals surface area contributed by atoms with Crippen molar-refractivity contribution >= 4 is 22.6 Å². The SMILES string of the molecule is O=C(Nc1cccc(-c2ccc(Oc3ccccc3)cc2)c1)c1cc2cccc(OC(F)(F)F)c2oc1=O. The number of para-hydroxylation sites is 2. The summed E-state index contributed by atoms with van der Waals surface area (Å²) in [5.41, 5.74) is 0.198. The summed E-state index contributed by atoms with van der Waals surface area (Å²) in [5.74, 6) is -0.0676. The lowest BCUT2D eigenvalue weighted by Gasteiger charge is -2.11. The molecule has 6 nitrogen and oxygen atoms in total. The van der Waals surface area contributed by atoms with E-state index in [1.807, 2.05) is 60.7 Å². The van der Waals surface area contributed by atoms with Gasteiger partial charge in [-0.25, -0.2) is 4.79 Å². The first-order chi connectivity index (χ1) is 18.2. The normalized spacial score (nSPS) is 11.2. The minimum atomic E-state index is -4.97. The lowest BCUT2D eigenvalue weighted by atomic mass is 10.0. The summed E-state index contributed by atoms with van der Waals surface area (Å²) in [5, 5.41) is 2.74. The molecule has 9 heteroatoms. The molecule has 0 spiro atoms. The molecule has 0 fully saturated rings. The Kier molecular flexibility index (Phi) is 6.57. The Balaban J connectivity index is 1.35. The molecule has 5 rings (SSSR count). The zero-order valence-electron chi connectivity index (χ0n) is 19.5. The summed E-state index contributed by atoms with van der Waals surface area (Å²) in [6.45, 7) is 0. The lowest BCUT2D eigenvalue weighted by Crippen LogP contribution is -2.21. The number of nitrogens with one attached hydrogen (secondary N) is 1. The van der Waals surface area contributed by atoms with Gasteiger partial charge in [0.25, 0.3) is 5.91 Å². The number of ether oxygens (including phenoxy) is 2. The highest BCUT2D eigenvalue weighted by atomic mass is 19.4. The van der Waals surface area contributed by atoms with Crippen LogP contribution in [0, 0.1) is 0 Å². The van der Waals surface area contributed by atoms with Gasteiger partial charge in [0.15, 0.2) is 11.3 Å². The molecule has 0 aliphatic heterocycles. The second-order valence-corrected chi connectivity index (χ2v) is 8.14. The van der Waals surface area contributed by atoms with Gasteiger partial charge in [-0.15, -0.1) is 13.2 Å². The summed E-state index contributed by atoms with van der Waals surface area (Å²) in [6, 6.07) is 28.6. The maximum absolute atomic E-state index is 12.9. The Labute approximate surface area is 213 Å². The van der Waals surface area contributed by atoms with E-state index in [-0.39, 0.29) is 10.9 Å². The van der Waals surface area contributed by atoms with Crippen molar-refractivity contribution < 1.29 is 31.9 Å². The molecule has 5 aromatic rings. The van der Waals surface area contributed by atoms with Gasteiger partial charge in [0.1, 0.15) is 17.1 Å². The van der Waals surface area contributed by atoms with E-state index < -0.39 is 29.2 Å². The van der Waals surface area contributed by atoms with Crippen LogP contribution >= 0.6 is 0 Å². The summed E-state index contributed by atoms with van der Waals surface area (Å²) in [7, 11) is 0. The van der Waals surface area contributed by atoms with E-state index in [0.29, 0.717) is 17.2 Å². The van der Waals surface area contributed by atoms with Crippen molar-refractivity contribution in [1.29, 1.82) is 0 Å². The minimum Gasteiger partial charge on any atom is -0.457 e. The highest BCUT2D eigenvalue weighted by Gasteiger charge is 2.32. The van der Waals surface area contributed by atoms with E-state index in [1.54, 1.807) is 18.2 Å². The van der Waals surface area contributed by atoms with Crippen molar-refractivity contribution in [3.05, 3.63) is 119 Å². The standard InChI is InChI=1S/C29H18F3NO5/c30-29(31,32)38-25-11-5-7-20-17-24(28(35)37-26(20)25)27(34)33-21-8-4-6-19(16-21)18-12-14-23(15-13-18)36-22-9-2-1-3-10-22/h1-17H,(H,33,34). The predicted molar refractivity (Wildman–Crippen MR) is 136 cm³/mol. The summed E-state index contributed by atoms with van der Waals surface area (Å²) < 4.78 is 52.8. The van der Waals surface area contributed by atoms with Gasteiger partial charge in [0.05, 0.1) is 0 Å². The molecule has 190 valence electrons. The average Bonchev–Trinajstić information content (AvgIpc) is 2.89. The number of carbonyl (C=O) groups excluding carboxylic acids is 1. The van der Waals surface area contributed by atoms with Gasteiger partial charge in [-0.2, -0.15) is 0 Å². The van der Waals surface area contributed by atoms with E-state index in [0.717, 1.165) is 23.3 Å². The highest BCUT2D eigenvalue weighted by Crippen LogP contribution is 2.31. The number of carbonyl (C=O) groups is 1. The molecule has 1 N–H and O–H groups in total. The zero-order valence-corrected chi connectivity index (χ0v) is 19.5. The number of amides is 1. The van der Waals surface area contributed by atoms with Gasteiger partial charge in [-0.3, -0.25) is 4.79 Å². The fourth-order valence-corrected chi connectivity index (χ4v) is 3.80. The van der Waals surface area contributed by atoms with Crippen LogP contribution in [0.15, 0.2) is 112 Å². The lowest BCUT2D eigenvalue weighted by molar-refractivity contribution is -0.274. The van der Waals surface area contributed by atoms with Gasteiger partial charge in [0.2, 0.25) is 0 Å². The van der Waals surface area contributed by atoms with Crippen LogP contribution in [0.2, 0.25) is 0 Å². The van der Waals surface area contributed by atoms with Crippen molar-refractivity contribution in [2.45, 2.75) is 6.36 Å². The Morgan fingerprint density at radius 2 is 1.47 bits per heavy atom. The Hall–Kier alpha value is -5.05. The summed E-state index contributed by atoms with van der Waals surface area (Å²) in [6.07, 6.45) is -4.97. The fourth-order valence-electron chi connectivity index (χ4n) is 3.80. The van der Waals surface area contributed by atoms with Crippen LogP contribution < -0.4 is 20.4 Å². The van der Waals surface area contributed by atoms with Crippen molar-refractivity contribution in [1.82, 2.24) is 0 Å². The number of benzene rings is 4. The molecule has 0 radical (unpaired) electrons. The highest BCUT2D eigenvalue weighted by molar-refractivity contribution is 6.05. The third-order valence-electron chi connectivity index (χ3n) is 5.48. The van der Waals surface area contributed by atoms with Crippen LogP contribution in [0.25, 0.3) is 22.1 Å². The van der Waals surface area contributed by atoms with Crippen molar-refractivity contribution in [2.75, 3.05) is 5.32 Å². The van der Waals surface area contributed by atoms with Crippen molar-refractivity contribution in [3.8, 4) is 28.4 Å². The quantitative estimate of drug-likeness (QED) is 0.238. The second kappa shape index (κ2) is 10.1. The molecule has 0 unspecified atom stereocenters. The first kappa shape index (κ1) is 24.6. The first-order valence-electron chi connectivity index (χ1n) is 11.3. The number of hydrogen-bond donors (Lipinski definition) is 1. The van der Waals surface area contributed by atoms with Crippen LogP contribution in [0.5, 0.6) is 17.2 Å². The molecule has 0 saturated heterocycles. The van der Waals surface area contributed by atoms with Crippen molar-refractivity contribution in [2.24, 2.45) is 0 Å². The average molecular weight is 517 g/mol. The Bertz CT molecular complexity index is 1660. The van der Waals surface area contributed by atoms with E-state index in [9.17, 15) is 22.8 Å². The third kappa shape index (κ3) is 5.67. The number of rotatable bonds is 6. The van der Waals surface area contributed by atoms with Crippen molar-refractivity contribution in [3.63, 3.8) is 0 Å². The van der Waals surface area contributed by atoms with E-state index in [4.69, 9.17) is 9.15 Å². The molecule has 0 aliphatic rings. The molecule has 1 amide bonds. The predicted octanol–water partition coefficient (Wildman–Crippen LogP) is 7.40.